The molecule has 0 N–H and O–H groups in total. The Morgan fingerprint density at radius 3 is 1.56 bits per heavy atom. The summed E-state index contributed by atoms with van der Waals surface area (Å²) < 4.78 is 0. The maximum absolute atomic E-state index is 2.49. The molecule has 0 amide bonds. The zero-order chi connectivity index (χ0) is 14.1. The van der Waals surface area contributed by atoms with E-state index in [4.69, 9.17) is 0 Å². The van der Waals surface area contributed by atoms with Gasteiger partial charge in [-0.25, -0.2) is 0 Å². The van der Waals surface area contributed by atoms with E-state index in [0.717, 1.165) is 35.5 Å². The van der Waals surface area contributed by atoms with Gasteiger partial charge in [-0.1, -0.05) is 55.4 Å². The van der Waals surface area contributed by atoms with Crippen LogP contribution < -0.4 is 0 Å². The average Bonchev–Trinajstić information content (AvgIpc) is 3.02. The number of hydrogen-bond donors (Lipinski definition) is 0. The van der Waals surface area contributed by atoms with Crippen molar-refractivity contribution in [3.63, 3.8) is 0 Å². The Balaban J connectivity index is 2.51. The summed E-state index contributed by atoms with van der Waals surface area (Å²) in [6.45, 7) is 19.6. The summed E-state index contributed by atoms with van der Waals surface area (Å²) in [5.41, 5.74) is 0.709. The molecule has 1 saturated carbocycles. The summed E-state index contributed by atoms with van der Waals surface area (Å²) in [5, 5.41) is 0. The summed E-state index contributed by atoms with van der Waals surface area (Å²) in [6, 6.07) is 0. The van der Waals surface area contributed by atoms with Crippen LogP contribution in [0.1, 0.15) is 74.7 Å². The molecular formula is C18H36. The molecule has 0 aromatic heterocycles. The first kappa shape index (κ1) is 16.1. The summed E-state index contributed by atoms with van der Waals surface area (Å²) >= 11 is 0. The first-order chi connectivity index (χ1) is 8.18. The first-order valence-corrected chi connectivity index (χ1v) is 8.18. The van der Waals surface area contributed by atoms with Crippen LogP contribution in [0.4, 0.5) is 0 Å². The Bertz CT molecular complexity index is 249. The molecule has 0 saturated heterocycles. The van der Waals surface area contributed by atoms with Crippen molar-refractivity contribution in [2.24, 2.45) is 40.9 Å². The Kier molecular flexibility index (Phi) is 5.32. The van der Waals surface area contributed by atoms with E-state index in [1.165, 1.54) is 19.3 Å². The number of hydrogen-bond acceptors (Lipinski definition) is 0. The highest BCUT2D eigenvalue weighted by Crippen LogP contribution is 2.51. The highest BCUT2D eigenvalue weighted by molar-refractivity contribution is 4.91. The van der Waals surface area contributed by atoms with E-state index in [-0.39, 0.29) is 0 Å². The van der Waals surface area contributed by atoms with Gasteiger partial charge in [-0.3, -0.25) is 0 Å². The largest absolute Gasteiger partial charge is 0.0625 e. The van der Waals surface area contributed by atoms with Crippen molar-refractivity contribution in [1.82, 2.24) is 0 Å². The molecule has 1 aliphatic carbocycles. The standard InChI is InChI=1S/C18H36/c1-12(2)14(4)16(6)17(7)15(5)13(3)11-18(8)9-10-18/h12-17H,9-11H2,1-8H3. The SMILES string of the molecule is CC(C)C(C)C(C)C(C)C(C)C(C)CC1(C)CC1. The molecule has 0 spiro atoms. The first-order valence-electron chi connectivity index (χ1n) is 8.18. The van der Waals surface area contributed by atoms with Gasteiger partial charge in [0.05, 0.1) is 0 Å². The molecule has 1 aliphatic rings. The Labute approximate surface area is 116 Å². The van der Waals surface area contributed by atoms with Crippen LogP contribution in [0.5, 0.6) is 0 Å². The molecule has 0 nitrogen and oxygen atoms in total. The van der Waals surface area contributed by atoms with Crippen LogP contribution in [0.15, 0.2) is 0 Å². The minimum Gasteiger partial charge on any atom is -0.0625 e. The second kappa shape index (κ2) is 5.97. The molecule has 18 heavy (non-hydrogen) atoms. The molecule has 0 aromatic carbocycles. The molecule has 0 bridgehead atoms. The molecule has 5 unspecified atom stereocenters. The van der Waals surface area contributed by atoms with Gasteiger partial charge < -0.3 is 0 Å². The molecule has 0 aliphatic heterocycles. The third-order valence-corrected chi connectivity index (χ3v) is 6.36. The summed E-state index contributed by atoms with van der Waals surface area (Å²) in [7, 11) is 0. The van der Waals surface area contributed by atoms with Gasteiger partial charge in [0.15, 0.2) is 0 Å². The van der Waals surface area contributed by atoms with Crippen LogP contribution in [0, 0.1) is 40.9 Å². The van der Waals surface area contributed by atoms with Gasteiger partial charge in [0, 0.05) is 0 Å². The van der Waals surface area contributed by atoms with E-state index in [2.05, 4.69) is 55.4 Å². The van der Waals surface area contributed by atoms with Crippen molar-refractivity contribution >= 4 is 0 Å². The van der Waals surface area contributed by atoms with Gasteiger partial charge in [-0.05, 0) is 60.2 Å². The zero-order valence-electron chi connectivity index (χ0n) is 14.1. The fraction of sp³-hybridized carbons (Fsp3) is 1.00. The van der Waals surface area contributed by atoms with Crippen molar-refractivity contribution in [1.29, 1.82) is 0 Å². The minimum absolute atomic E-state index is 0.709. The smallest absolute Gasteiger partial charge is 0.0323 e. The van der Waals surface area contributed by atoms with Crippen molar-refractivity contribution in [3.05, 3.63) is 0 Å². The monoisotopic (exact) mass is 252 g/mol. The second-order valence-electron chi connectivity index (χ2n) is 8.17. The van der Waals surface area contributed by atoms with Crippen LogP contribution in [0.3, 0.4) is 0 Å². The lowest BCUT2D eigenvalue weighted by atomic mass is 9.70. The maximum atomic E-state index is 2.49. The fourth-order valence-corrected chi connectivity index (χ4v) is 3.46. The van der Waals surface area contributed by atoms with Gasteiger partial charge >= 0.3 is 0 Å². The molecule has 108 valence electrons. The third-order valence-electron chi connectivity index (χ3n) is 6.36. The fourth-order valence-electron chi connectivity index (χ4n) is 3.46. The predicted molar refractivity (Wildman–Crippen MR) is 82.6 cm³/mol. The molecule has 1 fully saturated rings. The van der Waals surface area contributed by atoms with Crippen molar-refractivity contribution in [2.75, 3.05) is 0 Å². The van der Waals surface area contributed by atoms with Crippen LogP contribution in [0.25, 0.3) is 0 Å². The van der Waals surface area contributed by atoms with E-state index in [1.54, 1.807) is 0 Å². The van der Waals surface area contributed by atoms with Gasteiger partial charge in [-0.2, -0.15) is 0 Å². The molecule has 0 heterocycles. The van der Waals surface area contributed by atoms with Crippen molar-refractivity contribution in [3.8, 4) is 0 Å². The summed E-state index contributed by atoms with van der Waals surface area (Å²) in [6.07, 6.45) is 4.38. The van der Waals surface area contributed by atoms with E-state index < -0.39 is 0 Å². The Morgan fingerprint density at radius 1 is 0.722 bits per heavy atom. The molecule has 0 heteroatoms. The van der Waals surface area contributed by atoms with Gasteiger partial charge in [0.1, 0.15) is 0 Å². The van der Waals surface area contributed by atoms with Gasteiger partial charge in [0.25, 0.3) is 0 Å². The minimum atomic E-state index is 0.709. The lowest BCUT2D eigenvalue weighted by Gasteiger charge is -2.36. The summed E-state index contributed by atoms with van der Waals surface area (Å²) in [4.78, 5) is 0. The lowest BCUT2D eigenvalue weighted by Crippen LogP contribution is -2.29. The van der Waals surface area contributed by atoms with Crippen LogP contribution >= 0.6 is 0 Å². The van der Waals surface area contributed by atoms with Crippen LogP contribution in [-0.4, -0.2) is 0 Å². The van der Waals surface area contributed by atoms with E-state index in [1.807, 2.05) is 0 Å². The molecular weight excluding hydrogens is 216 g/mol. The highest BCUT2D eigenvalue weighted by atomic mass is 14.5. The van der Waals surface area contributed by atoms with Crippen LogP contribution in [0.2, 0.25) is 0 Å². The zero-order valence-corrected chi connectivity index (χ0v) is 14.1. The molecule has 0 radical (unpaired) electrons. The quantitative estimate of drug-likeness (QED) is 0.520. The topological polar surface area (TPSA) is 0 Å². The van der Waals surface area contributed by atoms with E-state index >= 15 is 0 Å². The van der Waals surface area contributed by atoms with E-state index in [9.17, 15) is 0 Å². The average molecular weight is 252 g/mol. The normalized spacial score (nSPS) is 26.5. The third kappa shape index (κ3) is 4.00. The molecule has 1 rings (SSSR count). The van der Waals surface area contributed by atoms with Crippen molar-refractivity contribution < 1.29 is 0 Å². The summed E-state index contributed by atoms with van der Waals surface area (Å²) in [5.74, 6) is 5.08. The Hall–Kier alpha value is 0. The van der Waals surface area contributed by atoms with Gasteiger partial charge in [-0.15, -0.1) is 0 Å². The molecule has 0 aromatic rings. The van der Waals surface area contributed by atoms with Crippen molar-refractivity contribution in [2.45, 2.75) is 74.7 Å². The number of rotatable bonds is 7. The van der Waals surface area contributed by atoms with Gasteiger partial charge in [0.2, 0.25) is 0 Å². The maximum Gasteiger partial charge on any atom is -0.0323 e. The van der Waals surface area contributed by atoms with Crippen LogP contribution in [-0.2, 0) is 0 Å². The molecule has 5 atom stereocenters. The second-order valence-corrected chi connectivity index (χ2v) is 8.17. The predicted octanol–water partition coefficient (Wildman–Crippen LogP) is 6.01. The van der Waals surface area contributed by atoms with E-state index in [0.29, 0.717) is 5.41 Å². The lowest BCUT2D eigenvalue weighted by molar-refractivity contribution is 0.132. The highest BCUT2D eigenvalue weighted by Gasteiger charge is 2.40. The Morgan fingerprint density at radius 2 is 1.17 bits per heavy atom.